The predicted molar refractivity (Wildman–Crippen MR) is 84.1 cm³/mol. The molecular formula is C18H22N2O. The van der Waals surface area contributed by atoms with Gasteiger partial charge in [-0.15, -0.1) is 0 Å². The van der Waals surface area contributed by atoms with Crippen LogP contribution in [0.1, 0.15) is 24.1 Å². The van der Waals surface area contributed by atoms with Crippen LogP contribution in [0.25, 0.3) is 0 Å². The maximum absolute atomic E-state index is 5.88. The average Bonchev–Trinajstić information content (AvgIpc) is 2.55. The van der Waals surface area contributed by atoms with Crippen LogP contribution >= 0.6 is 0 Å². The third-order valence-corrected chi connectivity index (χ3v) is 4.09. The molecule has 3 rings (SSSR count). The molecule has 2 aromatic rings. The van der Waals surface area contributed by atoms with Crippen molar-refractivity contribution in [2.45, 2.75) is 25.5 Å². The van der Waals surface area contributed by atoms with Crippen LogP contribution in [0.2, 0.25) is 0 Å². The van der Waals surface area contributed by atoms with Crippen molar-refractivity contribution in [2.75, 3.05) is 19.7 Å². The van der Waals surface area contributed by atoms with E-state index in [1.54, 1.807) is 0 Å². The van der Waals surface area contributed by atoms with Crippen LogP contribution in [0.4, 0.5) is 0 Å². The molecule has 2 atom stereocenters. The van der Waals surface area contributed by atoms with Crippen molar-refractivity contribution < 1.29 is 4.74 Å². The molecule has 3 heteroatoms. The third kappa shape index (κ3) is 3.69. The maximum atomic E-state index is 5.88. The topological polar surface area (TPSA) is 25.4 Å². The summed E-state index contributed by atoms with van der Waals surface area (Å²) in [5.41, 5.74) is 2.69. The second kappa shape index (κ2) is 6.83. The van der Waals surface area contributed by atoms with Crippen molar-refractivity contribution >= 4 is 0 Å². The summed E-state index contributed by atoms with van der Waals surface area (Å²) in [7, 11) is 0. The summed E-state index contributed by atoms with van der Waals surface area (Å²) in [4.78, 5) is 6.63. The maximum Gasteiger partial charge on any atom is 0.0675 e. The molecule has 0 radical (unpaired) electrons. The van der Waals surface area contributed by atoms with Gasteiger partial charge in [0.15, 0.2) is 0 Å². The quantitative estimate of drug-likeness (QED) is 0.861. The summed E-state index contributed by atoms with van der Waals surface area (Å²) >= 11 is 0. The lowest BCUT2D eigenvalue weighted by Gasteiger charge is -2.39. The van der Waals surface area contributed by atoms with E-state index in [0.717, 1.165) is 26.1 Å². The number of pyridine rings is 1. The second-order valence-corrected chi connectivity index (χ2v) is 5.67. The molecule has 1 aromatic carbocycles. The Bertz CT molecular complexity index is 544. The highest BCUT2D eigenvalue weighted by Gasteiger charge is 2.27. The summed E-state index contributed by atoms with van der Waals surface area (Å²) in [5.74, 6) is 0. The summed E-state index contributed by atoms with van der Waals surface area (Å²) in [6, 6.07) is 15.2. The van der Waals surface area contributed by atoms with Crippen molar-refractivity contribution in [3.63, 3.8) is 0 Å². The van der Waals surface area contributed by atoms with Crippen LogP contribution in [0, 0.1) is 0 Å². The molecule has 0 spiro atoms. The number of morpholine rings is 1. The summed E-state index contributed by atoms with van der Waals surface area (Å²) in [6.45, 7) is 4.98. The molecule has 0 aliphatic carbocycles. The van der Waals surface area contributed by atoms with E-state index in [2.05, 4.69) is 59.3 Å². The minimum atomic E-state index is 0.308. The fourth-order valence-electron chi connectivity index (χ4n) is 2.92. The summed E-state index contributed by atoms with van der Waals surface area (Å²) in [5, 5.41) is 0. The van der Waals surface area contributed by atoms with Gasteiger partial charge in [-0.3, -0.25) is 9.88 Å². The molecule has 1 aliphatic heterocycles. The minimum Gasteiger partial charge on any atom is -0.375 e. The molecule has 0 bridgehead atoms. The SMILES string of the molecule is C[C@@H]1CN(CCc2ccncc2)[C@H](c2ccccc2)CO1. The molecule has 21 heavy (non-hydrogen) atoms. The standard InChI is InChI=1S/C18H22N2O/c1-15-13-20(12-9-16-7-10-19-11-8-16)18(14-21-15)17-5-3-2-4-6-17/h2-8,10-11,15,18H,9,12-14H2,1H3/t15-,18+/m1/s1. The Morgan fingerprint density at radius 1 is 1.14 bits per heavy atom. The Morgan fingerprint density at radius 2 is 1.90 bits per heavy atom. The Labute approximate surface area is 126 Å². The zero-order chi connectivity index (χ0) is 14.5. The Balaban J connectivity index is 1.70. The van der Waals surface area contributed by atoms with Crippen molar-refractivity contribution in [2.24, 2.45) is 0 Å². The molecule has 1 fully saturated rings. The first-order valence-corrected chi connectivity index (χ1v) is 7.62. The van der Waals surface area contributed by atoms with Gasteiger partial charge in [0.1, 0.15) is 0 Å². The van der Waals surface area contributed by atoms with Gasteiger partial charge in [0.2, 0.25) is 0 Å². The number of hydrogen-bond donors (Lipinski definition) is 0. The van der Waals surface area contributed by atoms with Crippen LogP contribution in [0.15, 0.2) is 54.9 Å². The van der Waals surface area contributed by atoms with E-state index < -0.39 is 0 Å². The highest BCUT2D eigenvalue weighted by Crippen LogP contribution is 2.26. The van der Waals surface area contributed by atoms with Crippen molar-refractivity contribution in [3.8, 4) is 0 Å². The molecule has 1 aromatic heterocycles. The van der Waals surface area contributed by atoms with Crippen molar-refractivity contribution in [1.29, 1.82) is 0 Å². The van der Waals surface area contributed by atoms with Crippen molar-refractivity contribution in [1.82, 2.24) is 9.88 Å². The van der Waals surface area contributed by atoms with Gasteiger partial charge >= 0.3 is 0 Å². The molecule has 3 nitrogen and oxygen atoms in total. The first kappa shape index (κ1) is 14.2. The molecule has 0 saturated carbocycles. The van der Waals surface area contributed by atoms with E-state index >= 15 is 0 Å². The molecule has 0 amide bonds. The lowest BCUT2D eigenvalue weighted by atomic mass is 10.0. The van der Waals surface area contributed by atoms with Gasteiger partial charge in [0.05, 0.1) is 18.8 Å². The monoisotopic (exact) mass is 282 g/mol. The number of rotatable bonds is 4. The fourth-order valence-corrected chi connectivity index (χ4v) is 2.92. The van der Waals surface area contributed by atoms with Crippen LogP contribution in [-0.2, 0) is 11.2 Å². The highest BCUT2D eigenvalue weighted by atomic mass is 16.5. The van der Waals surface area contributed by atoms with Crippen LogP contribution in [0.3, 0.4) is 0 Å². The summed E-state index contributed by atoms with van der Waals surface area (Å²) < 4.78 is 5.88. The van der Waals surface area contributed by atoms with Crippen LogP contribution < -0.4 is 0 Å². The lowest BCUT2D eigenvalue weighted by Crippen LogP contribution is -2.44. The van der Waals surface area contributed by atoms with E-state index in [0.29, 0.717) is 12.1 Å². The van der Waals surface area contributed by atoms with Gasteiger partial charge in [-0.1, -0.05) is 30.3 Å². The Hall–Kier alpha value is -1.71. The zero-order valence-electron chi connectivity index (χ0n) is 12.5. The minimum absolute atomic E-state index is 0.308. The van der Waals surface area contributed by atoms with Gasteiger partial charge in [-0.05, 0) is 36.6 Å². The number of benzene rings is 1. The average molecular weight is 282 g/mol. The Morgan fingerprint density at radius 3 is 2.67 bits per heavy atom. The smallest absolute Gasteiger partial charge is 0.0675 e. The number of nitrogens with zero attached hydrogens (tertiary/aromatic N) is 2. The molecule has 1 saturated heterocycles. The predicted octanol–water partition coefficient (Wildman–Crippen LogP) is 3.09. The third-order valence-electron chi connectivity index (χ3n) is 4.09. The number of hydrogen-bond acceptors (Lipinski definition) is 3. The first-order chi connectivity index (χ1) is 10.3. The normalized spacial score (nSPS) is 23.1. The molecule has 0 unspecified atom stereocenters. The van der Waals surface area contributed by atoms with Gasteiger partial charge in [-0.25, -0.2) is 0 Å². The van der Waals surface area contributed by atoms with E-state index in [4.69, 9.17) is 4.74 Å². The molecule has 110 valence electrons. The largest absolute Gasteiger partial charge is 0.375 e. The zero-order valence-corrected chi connectivity index (χ0v) is 12.5. The van der Waals surface area contributed by atoms with E-state index in [1.807, 2.05) is 12.4 Å². The number of aromatic nitrogens is 1. The molecular weight excluding hydrogens is 260 g/mol. The molecule has 0 N–H and O–H groups in total. The van der Waals surface area contributed by atoms with Gasteiger partial charge in [0, 0.05) is 25.5 Å². The van der Waals surface area contributed by atoms with Crippen molar-refractivity contribution in [3.05, 3.63) is 66.0 Å². The lowest BCUT2D eigenvalue weighted by molar-refractivity contribution is -0.0557. The van der Waals surface area contributed by atoms with E-state index in [-0.39, 0.29) is 0 Å². The van der Waals surface area contributed by atoms with Crippen LogP contribution in [-0.4, -0.2) is 35.7 Å². The Kier molecular flexibility index (Phi) is 4.63. The highest BCUT2D eigenvalue weighted by molar-refractivity contribution is 5.20. The molecule has 1 aliphatic rings. The van der Waals surface area contributed by atoms with Gasteiger partial charge in [-0.2, -0.15) is 0 Å². The first-order valence-electron chi connectivity index (χ1n) is 7.62. The van der Waals surface area contributed by atoms with Gasteiger partial charge in [0.25, 0.3) is 0 Å². The van der Waals surface area contributed by atoms with Crippen LogP contribution in [0.5, 0.6) is 0 Å². The fraction of sp³-hybridized carbons (Fsp3) is 0.389. The molecule has 2 heterocycles. The second-order valence-electron chi connectivity index (χ2n) is 5.67. The van der Waals surface area contributed by atoms with E-state index in [1.165, 1.54) is 11.1 Å². The van der Waals surface area contributed by atoms with E-state index in [9.17, 15) is 0 Å². The van der Waals surface area contributed by atoms with Gasteiger partial charge < -0.3 is 4.74 Å². The number of ether oxygens (including phenoxy) is 1. The summed E-state index contributed by atoms with van der Waals surface area (Å²) in [6.07, 6.45) is 5.10.